The molecule has 0 heterocycles. The molecule has 0 nitrogen and oxygen atoms in total. The molecule has 278 valence electrons. The van der Waals surface area contributed by atoms with E-state index in [1.54, 1.807) is 0 Å². The largest absolute Gasteiger partial charge is 0.179 e. The highest BCUT2D eigenvalue weighted by atomic mass is 32.2. The van der Waals surface area contributed by atoms with Gasteiger partial charge in [-0.05, 0) is 130 Å². The Bertz CT molecular complexity index is 695. The zero-order valence-corrected chi connectivity index (χ0v) is 36.0. The summed E-state index contributed by atoms with van der Waals surface area (Å²) in [6.45, 7) is 19.7. The molecule has 0 aliphatic carbocycles. The minimum absolute atomic E-state index is 0.435. The summed E-state index contributed by atoms with van der Waals surface area (Å²) in [5.74, 6) is 7.65. The highest BCUT2D eigenvalue weighted by Gasteiger charge is 2.09. The highest BCUT2D eigenvalue weighted by Crippen LogP contribution is 2.24. The molecular weight excluding hydrogens is 645 g/mol. The van der Waals surface area contributed by atoms with Crippen molar-refractivity contribution in [2.45, 2.75) is 169 Å². The maximum Gasteiger partial charge on any atom is 0.00750 e. The number of hydrogen-bond donors (Lipinski definition) is 2. The lowest BCUT2D eigenvalue weighted by atomic mass is 9.99. The van der Waals surface area contributed by atoms with Gasteiger partial charge in [0.2, 0.25) is 0 Å². The van der Waals surface area contributed by atoms with E-state index in [0.717, 1.165) is 36.7 Å². The Morgan fingerprint density at radius 1 is 0.574 bits per heavy atom. The molecule has 0 fully saturated rings. The third-order valence-electron chi connectivity index (χ3n) is 7.69. The Hall–Kier alpha value is 0.100. The maximum absolute atomic E-state index is 4.10. The molecule has 0 aromatic carbocycles. The lowest BCUT2D eigenvalue weighted by Crippen LogP contribution is -2.08. The first-order chi connectivity index (χ1) is 22.8. The van der Waals surface area contributed by atoms with Crippen LogP contribution in [0.25, 0.3) is 0 Å². The highest BCUT2D eigenvalue weighted by molar-refractivity contribution is 8.00. The van der Waals surface area contributed by atoms with Gasteiger partial charge >= 0.3 is 0 Å². The van der Waals surface area contributed by atoms with Crippen LogP contribution in [-0.4, -0.2) is 33.5 Å². The number of thioether (sulfide) groups is 2. The summed E-state index contributed by atoms with van der Waals surface area (Å²) in [6, 6.07) is 0. The summed E-state index contributed by atoms with van der Waals surface area (Å²) in [5.41, 5.74) is 0. The molecule has 0 saturated carbocycles. The molecule has 0 aromatic heterocycles. The molecule has 0 aliphatic rings. The van der Waals surface area contributed by atoms with Gasteiger partial charge in [-0.25, -0.2) is 0 Å². The molecule has 0 N–H and O–H groups in total. The van der Waals surface area contributed by atoms with Gasteiger partial charge in [0.25, 0.3) is 0 Å². The fraction of sp³-hybridized carbons (Fsp3) is 0.767. The van der Waals surface area contributed by atoms with E-state index in [1.807, 2.05) is 0 Å². The van der Waals surface area contributed by atoms with Crippen molar-refractivity contribution in [3.8, 4) is 0 Å². The first-order valence-corrected chi connectivity index (χ1v) is 22.8. The fourth-order valence-corrected chi connectivity index (χ4v) is 6.98. The molecule has 0 aromatic rings. The summed E-state index contributed by atoms with van der Waals surface area (Å²) in [4.78, 5) is 0. The van der Waals surface area contributed by atoms with Gasteiger partial charge in [-0.15, -0.1) is 6.58 Å². The van der Waals surface area contributed by atoms with Crippen molar-refractivity contribution < 1.29 is 0 Å². The van der Waals surface area contributed by atoms with Gasteiger partial charge in [0, 0.05) is 4.75 Å². The Morgan fingerprint density at radius 3 is 1.51 bits per heavy atom. The van der Waals surface area contributed by atoms with E-state index >= 15 is 0 Å². The smallest absolute Gasteiger partial charge is 0.00750 e. The van der Waals surface area contributed by atoms with Crippen LogP contribution >= 0.6 is 48.8 Å². The molecule has 2 atom stereocenters. The molecule has 0 spiro atoms. The minimum atomic E-state index is 0.435. The normalized spacial score (nSPS) is 13.2. The van der Waals surface area contributed by atoms with Crippen LogP contribution in [0.2, 0.25) is 0 Å². The topological polar surface area (TPSA) is 0 Å². The van der Waals surface area contributed by atoms with Crippen molar-refractivity contribution in [2.24, 2.45) is 11.8 Å². The van der Waals surface area contributed by atoms with Gasteiger partial charge in [-0.1, -0.05) is 129 Å². The number of rotatable bonds is 29. The number of unbranched alkanes of at least 4 members (excludes halogenated alkanes) is 7. The molecular formula is C43H82S4. The van der Waals surface area contributed by atoms with Crippen molar-refractivity contribution in [2.75, 3.05) is 28.8 Å². The average molecular weight is 727 g/mol. The summed E-state index contributed by atoms with van der Waals surface area (Å²) >= 11 is 12.5. The summed E-state index contributed by atoms with van der Waals surface area (Å²) in [7, 11) is 0. The lowest BCUT2D eigenvalue weighted by Gasteiger charge is -2.17. The van der Waals surface area contributed by atoms with Crippen molar-refractivity contribution in [3.63, 3.8) is 0 Å². The Labute approximate surface area is 317 Å². The van der Waals surface area contributed by atoms with E-state index in [1.165, 1.54) is 114 Å². The predicted molar refractivity (Wildman–Crippen MR) is 237 cm³/mol. The molecule has 0 bridgehead atoms. The van der Waals surface area contributed by atoms with Gasteiger partial charge in [-0.2, -0.15) is 48.8 Å². The average Bonchev–Trinajstić information content (AvgIpc) is 3.06. The van der Waals surface area contributed by atoms with E-state index in [2.05, 4.69) is 159 Å². The van der Waals surface area contributed by atoms with E-state index in [4.69, 9.17) is 0 Å². The van der Waals surface area contributed by atoms with Crippen LogP contribution in [0.4, 0.5) is 0 Å². The molecule has 4 heteroatoms. The second-order valence-electron chi connectivity index (χ2n) is 13.3. The molecule has 0 aliphatic heterocycles. The molecule has 0 radical (unpaired) electrons. The van der Waals surface area contributed by atoms with Gasteiger partial charge in [-0.3, -0.25) is 0 Å². The van der Waals surface area contributed by atoms with Crippen LogP contribution in [0.1, 0.15) is 164 Å². The quantitative estimate of drug-likeness (QED) is 0.0447. The van der Waals surface area contributed by atoms with Gasteiger partial charge in [0.15, 0.2) is 0 Å². The van der Waals surface area contributed by atoms with E-state index < -0.39 is 0 Å². The van der Waals surface area contributed by atoms with Crippen molar-refractivity contribution >= 4 is 48.8 Å². The molecule has 2 unspecified atom stereocenters. The Morgan fingerprint density at radius 2 is 1.06 bits per heavy atom. The fourth-order valence-electron chi connectivity index (χ4n) is 4.46. The summed E-state index contributed by atoms with van der Waals surface area (Å²) in [6.07, 6.45) is 43.3. The lowest BCUT2D eigenvalue weighted by molar-refractivity contribution is 0.503. The summed E-state index contributed by atoms with van der Waals surface area (Å²) in [5, 5.41) is 0. The third kappa shape index (κ3) is 50.6. The first-order valence-electron chi connectivity index (χ1n) is 19.4. The van der Waals surface area contributed by atoms with Crippen LogP contribution in [0, 0.1) is 11.8 Å². The van der Waals surface area contributed by atoms with Gasteiger partial charge in [0.1, 0.15) is 0 Å². The SMILES string of the molecule is C=CC(CC)C/C=C/CC/C=C\CC.CC/C=C\CC/C=C/CC(CC)CCSCCCCCSC(C)(C)C.SCCCCCCS. The van der Waals surface area contributed by atoms with Gasteiger partial charge in [0.05, 0.1) is 0 Å². The summed E-state index contributed by atoms with van der Waals surface area (Å²) < 4.78 is 0.435. The third-order valence-corrected chi connectivity index (χ3v) is 10.8. The van der Waals surface area contributed by atoms with Gasteiger partial charge < -0.3 is 0 Å². The standard InChI is InChI=1S/C23H44S2.C14H24.C6H14S2/c1-6-8-9-10-11-12-14-17-22(7-2)18-21-24-19-15-13-16-20-25-23(3,4)5;1-4-7-8-9-10-11-12-13-14(5-2)6-3;7-5-3-1-2-4-6-8/h8-9,12,14,22H,6-7,10-11,13,15-21H2,1-5H3;5,7-8,11-12,14H,2,4,6,9-10,13H2,1,3H3;7-8H,1-6H2/b9-8-,14-12+;8-7-,12-11+;. The molecule has 0 saturated heterocycles. The van der Waals surface area contributed by atoms with E-state index in [0.29, 0.717) is 10.7 Å². The number of allylic oxidation sites excluding steroid dienone is 9. The first kappa shape index (κ1) is 51.5. The van der Waals surface area contributed by atoms with Crippen LogP contribution < -0.4 is 0 Å². The van der Waals surface area contributed by atoms with Crippen molar-refractivity contribution in [1.82, 2.24) is 0 Å². The second-order valence-corrected chi connectivity index (χ2v) is 17.3. The number of thiol groups is 2. The van der Waals surface area contributed by atoms with Crippen LogP contribution in [0.3, 0.4) is 0 Å². The van der Waals surface area contributed by atoms with Crippen molar-refractivity contribution in [1.29, 1.82) is 0 Å². The monoisotopic (exact) mass is 727 g/mol. The number of hydrogen-bond acceptors (Lipinski definition) is 4. The minimum Gasteiger partial charge on any atom is -0.179 e. The van der Waals surface area contributed by atoms with E-state index in [9.17, 15) is 0 Å². The zero-order chi connectivity index (χ0) is 35.7. The maximum atomic E-state index is 4.10. The van der Waals surface area contributed by atoms with Crippen LogP contribution in [0.5, 0.6) is 0 Å². The van der Waals surface area contributed by atoms with E-state index in [-0.39, 0.29) is 0 Å². The van der Waals surface area contributed by atoms with Crippen molar-refractivity contribution in [3.05, 3.63) is 61.3 Å². The van der Waals surface area contributed by atoms with Crippen LogP contribution in [-0.2, 0) is 0 Å². The zero-order valence-electron chi connectivity index (χ0n) is 32.5. The Kier molecular flexibility index (Phi) is 48.3. The predicted octanol–water partition coefficient (Wildman–Crippen LogP) is 15.8. The molecule has 47 heavy (non-hydrogen) atoms. The van der Waals surface area contributed by atoms with Crippen LogP contribution in [0.15, 0.2) is 61.3 Å². The Balaban J connectivity index is -0.000000732. The second kappa shape index (κ2) is 44.1. The molecule has 0 rings (SSSR count). The molecule has 0 amide bonds.